The lowest BCUT2D eigenvalue weighted by Gasteiger charge is -2.20. The van der Waals surface area contributed by atoms with Crippen LogP contribution in [0.15, 0.2) is 30.3 Å². The van der Waals surface area contributed by atoms with Crippen molar-refractivity contribution in [2.24, 2.45) is 5.92 Å². The van der Waals surface area contributed by atoms with Gasteiger partial charge in [0.15, 0.2) is 23.0 Å². The normalized spacial score (nSPS) is 27.0. The lowest BCUT2D eigenvalue weighted by molar-refractivity contribution is 0.00518. The summed E-state index contributed by atoms with van der Waals surface area (Å²) >= 11 is 0. The van der Waals surface area contributed by atoms with E-state index in [4.69, 9.17) is 33.2 Å². The van der Waals surface area contributed by atoms with E-state index in [0.29, 0.717) is 30.5 Å². The number of methoxy groups -OCH3 is 3. The number of ether oxygens (including phenoxy) is 7. The molecule has 4 atom stereocenters. The molecule has 0 radical (unpaired) electrons. The van der Waals surface area contributed by atoms with E-state index in [1.807, 2.05) is 18.2 Å². The zero-order valence-electron chi connectivity index (χ0n) is 16.7. The van der Waals surface area contributed by atoms with Gasteiger partial charge in [0.05, 0.1) is 40.6 Å². The second kappa shape index (κ2) is 7.31. The monoisotopic (exact) mass is 400 g/mol. The molecule has 3 aliphatic rings. The van der Waals surface area contributed by atoms with Crippen LogP contribution < -0.4 is 23.7 Å². The van der Waals surface area contributed by atoms with Crippen LogP contribution in [0.5, 0.6) is 28.7 Å². The molecule has 2 fully saturated rings. The average Bonchev–Trinajstić information content (AvgIpc) is 3.47. The number of hydrogen-bond donors (Lipinski definition) is 0. The lowest BCUT2D eigenvalue weighted by atomic mass is 9.84. The molecule has 2 aromatic carbocycles. The van der Waals surface area contributed by atoms with Crippen molar-refractivity contribution in [1.82, 2.24) is 0 Å². The molecule has 7 nitrogen and oxygen atoms in total. The van der Waals surface area contributed by atoms with Gasteiger partial charge in [0, 0.05) is 11.8 Å². The third-order valence-corrected chi connectivity index (χ3v) is 6.01. The first kappa shape index (κ1) is 18.4. The van der Waals surface area contributed by atoms with Gasteiger partial charge in [-0.2, -0.15) is 0 Å². The maximum Gasteiger partial charge on any atom is 0.231 e. The van der Waals surface area contributed by atoms with Gasteiger partial charge in [-0.1, -0.05) is 6.07 Å². The minimum Gasteiger partial charge on any atom is -0.493 e. The fourth-order valence-electron chi connectivity index (χ4n) is 4.56. The average molecular weight is 400 g/mol. The minimum absolute atomic E-state index is 0.0340. The fourth-order valence-corrected chi connectivity index (χ4v) is 4.56. The van der Waals surface area contributed by atoms with E-state index in [-0.39, 0.29) is 30.8 Å². The minimum atomic E-state index is -0.187. The molecule has 0 aliphatic carbocycles. The molecular weight excluding hydrogens is 376 g/mol. The molecule has 0 N–H and O–H groups in total. The summed E-state index contributed by atoms with van der Waals surface area (Å²) in [4.78, 5) is 0. The summed E-state index contributed by atoms with van der Waals surface area (Å²) in [5, 5.41) is 0. The van der Waals surface area contributed by atoms with Crippen molar-refractivity contribution in [2.45, 2.75) is 18.1 Å². The summed E-state index contributed by atoms with van der Waals surface area (Å²) in [6, 6.07) is 10.00. The van der Waals surface area contributed by atoms with Gasteiger partial charge in [-0.25, -0.2) is 0 Å². The van der Waals surface area contributed by atoms with Gasteiger partial charge in [0.2, 0.25) is 12.5 Å². The lowest BCUT2D eigenvalue weighted by Crippen LogP contribution is -2.19. The molecule has 2 aromatic rings. The molecule has 0 saturated carbocycles. The zero-order chi connectivity index (χ0) is 20.0. The van der Waals surface area contributed by atoms with E-state index in [9.17, 15) is 0 Å². The summed E-state index contributed by atoms with van der Waals surface area (Å²) in [5.74, 6) is 3.89. The van der Waals surface area contributed by atoms with Gasteiger partial charge >= 0.3 is 0 Å². The highest BCUT2D eigenvalue weighted by molar-refractivity contribution is 5.54. The molecule has 2 saturated heterocycles. The third kappa shape index (κ3) is 2.96. The highest BCUT2D eigenvalue weighted by atomic mass is 16.7. The van der Waals surface area contributed by atoms with Crippen LogP contribution in [0.25, 0.3) is 0 Å². The van der Waals surface area contributed by atoms with E-state index in [1.165, 1.54) is 5.56 Å². The quantitative estimate of drug-likeness (QED) is 0.763. The SMILES string of the molecule is COc1cc([C@H]2OC[C@H]3[C@@H]2OC[C@@H]3c2ccc3c(c2)OCO3)cc(OC)c1OC. The maximum absolute atomic E-state index is 6.22. The topological polar surface area (TPSA) is 64.6 Å². The van der Waals surface area contributed by atoms with Crippen molar-refractivity contribution in [3.8, 4) is 28.7 Å². The molecule has 0 unspecified atom stereocenters. The van der Waals surface area contributed by atoms with Gasteiger partial charge < -0.3 is 33.2 Å². The van der Waals surface area contributed by atoms with Crippen molar-refractivity contribution in [1.29, 1.82) is 0 Å². The third-order valence-electron chi connectivity index (χ3n) is 6.01. The van der Waals surface area contributed by atoms with Crippen LogP contribution in [-0.4, -0.2) is 47.4 Å². The van der Waals surface area contributed by atoms with Crippen LogP contribution in [-0.2, 0) is 9.47 Å². The van der Waals surface area contributed by atoms with E-state index in [2.05, 4.69) is 12.1 Å². The summed E-state index contributed by atoms with van der Waals surface area (Å²) < 4.78 is 39.8. The molecule has 154 valence electrons. The van der Waals surface area contributed by atoms with E-state index in [0.717, 1.165) is 17.1 Å². The molecule has 0 amide bonds. The summed E-state index contributed by atoms with van der Waals surface area (Å²) in [6.07, 6.45) is -0.221. The Bertz CT molecular complexity index is 887. The van der Waals surface area contributed by atoms with Crippen molar-refractivity contribution < 1.29 is 33.2 Å². The highest BCUT2D eigenvalue weighted by Gasteiger charge is 2.48. The Kier molecular flexibility index (Phi) is 4.64. The van der Waals surface area contributed by atoms with Crippen molar-refractivity contribution >= 4 is 0 Å². The van der Waals surface area contributed by atoms with Gasteiger partial charge in [0.25, 0.3) is 0 Å². The summed E-state index contributed by atoms with van der Waals surface area (Å²) in [7, 11) is 4.82. The largest absolute Gasteiger partial charge is 0.493 e. The van der Waals surface area contributed by atoms with Crippen molar-refractivity contribution in [2.75, 3.05) is 41.3 Å². The predicted molar refractivity (Wildman–Crippen MR) is 103 cm³/mol. The molecule has 29 heavy (non-hydrogen) atoms. The molecule has 3 aliphatic heterocycles. The molecule has 0 aromatic heterocycles. The van der Waals surface area contributed by atoms with E-state index >= 15 is 0 Å². The first-order chi connectivity index (χ1) is 14.2. The molecule has 5 rings (SSSR count). The van der Waals surface area contributed by atoms with Gasteiger partial charge in [-0.15, -0.1) is 0 Å². The Morgan fingerprint density at radius 3 is 2.28 bits per heavy atom. The Balaban J connectivity index is 1.42. The van der Waals surface area contributed by atoms with Gasteiger partial charge in [0.1, 0.15) is 6.10 Å². The smallest absolute Gasteiger partial charge is 0.231 e. The first-order valence-electron chi connectivity index (χ1n) is 9.66. The Morgan fingerprint density at radius 2 is 1.55 bits per heavy atom. The molecule has 7 heteroatoms. The second-order valence-electron chi connectivity index (χ2n) is 7.39. The molecular formula is C22H24O7. The fraction of sp³-hybridized carbons (Fsp3) is 0.455. The second-order valence-corrected chi connectivity index (χ2v) is 7.39. The van der Waals surface area contributed by atoms with Crippen LogP contribution in [0.4, 0.5) is 0 Å². The number of rotatable bonds is 5. The van der Waals surface area contributed by atoms with Crippen LogP contribution in [0.2, 0.25) is 0 Å². The van der Waals surface area contributed by atoms with Gasteiger partial charge in [-0.05, 0) is 35.4 Å². The van der Waals surface area contributed by atoms with Crippen LogP contribution in [0.1, 0.15) is 23.1 Å². The molecule has 3 heterocycles. The molecule has 0 spiro atoms. The zero-order valence-corrected chi connectivity index (χ0v) is 16.7. The Labute approximate surface area is 169 Å². The van der Waals surface area contributed by atoms with Crippen LogP contribution >= 0.6 is 0 Å². The number of hydrogen-bond acceptors (Lipinski definition) is 7. The summed E-state index contributed by atoms with van der Waals surface area (Å²) in [6.45, 7) is 1.56. The maximum atomic E-state index is 6.22. The molecule has 0 bridgehead atoms. The Morgan fingerprint density at radius 1 is 0.793 bits per heavy atom. The van der Waals surface area contributed by atoms with E-state index in [1.54, 1.807) is 21.3 Å². The summed E-state index contributed by atoms with van der Waals surface area (Å²) in [5.41, 5.74) is 2.15. The Hall–Kier alpha value is -2.64. The van der Waals surface area contributed by atoms with E-state index < -0.39 is 0 Å². The standard InChI is InChI=1S/C22H24O7/c1-23-18-7-13(8-19(24-2)22(18)25-3)20-21-15(10-26-20)14(9-27-21)12-4-5-16-17(6-12)29-11-28-16/h4-8,14-15,20-21H,9-11H2,1-3H3/t14-,15-,20-,21+/m1/s1. The highest BCUT2D eigenvalue weighted by Crippen LogP contribution is 2.50. The van der Waals surface area contributed by atoms with Crippen LogP contribution in [0.3, 0.4) is 0 Å². The van der Waals surface area contributed by atoms with Crippen molar-refractivity contribution in [3.63, 3.8) is 0 Å². The first-order valence-corrected chi connectivity index (χ1v) is 9.66. The number of benzene rings is 2. The van der Waals surface area contributed by atoms with Crippen molar-refractivity contribution in [3.05, 3.63) is 41.5 Å². The van der Waals surface area contributed by atoms with Gasteiger partial charge in [-0.3, -0.25) is 0 Å². The van der Waals surface area contributed by atoms with Crippen LogP contribution in [0, 0.1) is 5.92 Å². The number of fused-ring (bicyclic) bond motifs is 2. The predicted octanol–water partition coefficient (Wildman–Crippen LogP) is 3.31.